The average Bonchev–Trinajstić information content (AvgIpc) is 2.39. The van der Waals surface area contributed by atoms with Gasteiger partial charge in [0.1, 0.15) is 0 Å². The molecule has 1 heterocycles. The molecule has 0 radical (unpaired) electrons. The summed E-state index contributed by atoms with van der Waals surface area (Å²) < 4.78 is 4.94. The molecule has 1 aliphatic rings. The van der Waals surface area contributed by atoms with Gasteiger partial charge in [-0.15, -0.1) is 0 Å². The Hall–Kier alpha value is -0.0800. The fourth-order valence-corrected chi connectivity index (χ4v) is 0.510. The van der Waals surface area contributed by atoms with Gasteiger partial charge in [0.05, 0.1) is 0 Å². The molecule has 0 N–H and O–H groups in total. The first-order valence-corrected chi connectivity index (χ1v) is 4.60. The molecule has 0 aromatic carbocycles. The van der Waals surface area contributed by atoms with Gasteiger partial charge in [-0.25, -0.2) is 0 Å². The number of hydrogen-bond acceptors (Lipinski definition) is 2. The van der Waals surface area contributed by atoms with Crippen molar-refractivity contribution >= 4 is 16.8 Å². The van der Waals surface area contributed by atoms with Crippen LogP contribution in [0.1, 0.15) is 33.6 Å². The molecule has 0 aliphatic carbocycles. The largest absolute Gasteiger partial charge is 0.381 e. The van der Waals surface area contributed by atoms with E-state index in [9.17, 15) is 4.79 Å². The van der Waals surface area contributed by atoms with Gasteiger partial charge in [-0.05, 0) is 24.4 Å². The first-order valence-electron chi connectivity index (χ1n) is 4.22. The van der Waals surface area contributed by atoms with Gasteiger partial charge in [-0.1, -0.05) is 20.8 Å². The van der Waals surface area contributed by atoms with Crippen molar-refractivity contribution in [1.29, 1.82) is 0 Å². The van der Waals surface area contributed by atoms with Gasteiger partial charge >= 0.3 is 0 Å². The van der Waals surface area contributed by atoms with E-state index in [0.29, 0.717) is 0 Å². The Labute approximate surface area is 79.2 Å². The zero-order chi connectivity index (χ0) is 9.61. The Morgan fingerprint density at radius 2 is 1.58 bits per heavy atom. The summed E-state index contributed by atoms with van der Waals surface area (Å²) in [5.74, 6) is 0. The van der Waals surface area contributed by atoms with Gasteiger partial charge in [0.15, 0.2) is 0 Å². The number of halogens is 1. The fraction of sp³-hybridized carbons (Fsp3) is 0.889. The molecule has 1 rings (SSSR count). The molecule has 0 unspecified atom stereocenters. The molecule has 1 saturated heterocycles. The van der Waals surface area contributed by atoms with Crippen LogP contribution in [0.25, 0.3) is 0 Å². The maximum absolute atomic E-state index is 10.2. The molecule has 1 fully saturated rings. The summed E-state index contributed by atoms with van der Waals surface area (Å²) in [6.45, 7) is 7.34. The second-order valence-corrected chi connectivity index (χ2v) is 4.19. The minimum Gasteiger partial charge on any atom is -0.381 e. The highest BCUT2D eigenvalue weighted by Crippen LogP contribution is 2.15. The van der Waals surface area contributed by atoms with E-state index in [2.05, 4.69) is 0 Å². The molecule has 0 atom stereocenters. The number of carbonyl (C=O) groups is 1. The van der Waals surface area contributed by atoms with Crippen molar-refractivity contribution in [3.05, 3.63) is 0 Å². The molecule has 2 nitrogen and oxygen atoms in total. The average molecular weight is 193 g/mol. The second kappa shape index (κ2) is 5.55. The van der Waals surface area contributed by atoms with Crippen LogP contribution >= 0.6 is 11.6 Å². The molecule has 0 bridgehead atoms. The van der Waals surface area contributed by atoms with Crippen LogP contribution in [0.5, 0.6) is 0 Å². The third-order valence-corrected chi connectivity index (χ3v) is 1.98. The van der Waals surface area contributed by atoms with E-state index >= 15 is 0 Å². The topological polar surface area (TPSA) is 26.3 Å². The Balaban J connectivity index is 0.000000211. The van der Waals surface area contributed by atoms with Crippen molar-refractivity contribution in [1.82, 2.24) is 0 Å². The monoisotopic (exact) mass is 192 g/mol. The van der Waals surface area contributed by atoms with Crippen molar-refractivity contribution in [2.75, 3.05) is 13.2 Å². The van der Waals surface area contributed by atoms with E-state index in [0.717, 1.165) is 13.2 Å². The Morgan fingerprint density at radius 1 is 1.25 bits per heavy atom. The third-order valence-electron chi connectivity index (χ3n) is 1.42. The van der Waals surface area contributed by atoms with Gasteiger partial charge in [0.25, 0.3) is 0 Å². The smallest absolute Gasteiger partial charge is 0.226 e. The summed E-state index contributed by atoms with van der Waals surface area (Å²) in [7, 11) is 0. The van der Waals surface area contributed by atoms with Crippen molar-refractivity contribution < 1.29 is 9.53 Å². The van der Waals surface area contributed by atoms with E-state index in [1.54, 1.807) is 20.8 Å². The molecule has 0 amide bonds. The molecule has 12 heavy (non-hydrogen) atoms. The summed E-state index contributed by atoms with van der Waals surface area (Å²) in [4.78, 5) is 10.2. The van der Waals surface area contributed by atoms with Gasteiger partial charge in [0, 0.05) is 18.6 Å². The van der Waals surface area contributed by atoms with Gasteiger partial charge in [-0.3, -0.25) is 4.79 Å². The highest BCUT2D eigenvalue weighted by molar-refractivity contribution is 6.64. The molecule has 0 spiro atoms. The van der Waals surface area contributed by atoms with E-state index in [1.807, 2.05) is 0 Å². The van der Waals surface area contributed by atoms with E-state index in [1.165, 1.54) is 12.8 Å². The van der Waals surface area contributed by atoms with Crippen molar-refractivity contribution in [2.45, 2.75) is 33.6 Å². The number of carbonyl (C=O) groups excluding carboxylic acids is 1. The lowest BCUT2D eigenvalue weighted by Gasteiger charge is -2.08. The second-order valence-electron chi connectivity index (χ2n) is 3.84. The van der Waals surface area contributed by atoms with Crippen LogP contribution in [0, 0.1) is 5.41 Å². The summed E-state index contributed by atoms with van der Waals surface area (Å²) in [6, 6.07) is 0. The predicted molar refractivity (Wildman–Crippen MR) is 50.4 cm³/mol. The lowest BCUT2D eigenvalue weighted by Crippen LogP contribution is -2.13. The van der Waals surface area contributed by atoms with E-state index in [-0.39, 0.29) is 10.7 Å². The van der Waals surface area contributed by atoms with Crippen LogP contribution in [-0.4, -0.2) is 18.5 Å². The molecule has 1 aliphatic heterocycles. The number of hydrogen-bond donors (Lipinski definition) is 0. The minimum atomic E-state index is -0.373. The summed E-state index contributed by atoms with van der Waals surface area (Å²) in [6.07, 6.45) is 2.56. The molecule has 0 saturated carbocycles. The molecule has 72 valence electrons. The Bertz CT molecular complexity index is 126. The standard InChI is InChI=1S/C5H9ClO.C4H8O/c1-5(2,3)4(6)7;1-2-4-5-3-1/h1-3H3;1-4H2. The highest BCUT2D eigenvalue weighted by atomic mass is 35.5. The lowest BCUT2D eigenvalue weighted by atomic mass is 10.00. The zero-order valence-electron chi connectivity index (χ0n) is 8.02. The van der Waals surface area contributed by atoms with Gasteiger partial charge < -0.3 is 4.74 Å². The van der Waals surface area contributed by atoms with E-state index in [4.69, 9.17) is 16.3 Å². The minimum absolute atomic E-state index is 0.285. The quantitative estimate of drug-likeness (QED) is 0.552. The van der Waals surface area contributed by atoms with Crippen molar-refractivity contribution in [3.8, 4) is 0 Å². The van der Waals surface area contributed by atoms with Crippen molar-refractivity contribution in [3.63, 3.8) is 0 Å². The Morgan fingerprint density at radius 3 is 1.67 bits per heavy atom. The zero-order valence-corrected chi connectivity index (χ0v) is 8.78. The maximum atomic E-state index is 10.2. The summed E-state index contributed by atoms with van der Waals surface area (Å²) >= 11 is 5.11. The van der Waals surface area contributed by atoms with Gasteiger partial charge in [0.2, 0.25) is 5.24 Å². The summed E-state index contributed by atoms with van der Waals surface area (Å²) in [5, 5.41) is -0.285. The first kappa shape index (κ1) is 11.9. The Kier molecular flexibility index (Phi) is 5.51. The maximum Gasteiger partial charge on any atom is 0.226 e. The van der Waals surface area contributed by atoms with Crippen LogP contribution in [0.3, 0.4) is 0 Å². The van der Waals surface area contributed by atoms with Crippen LogP contribution in [0.2, 0.25) is 0 Å². The fourth-order valence-electron chi connectivity index (χ4n) is 0.510. The third kappa shape index (κ3) is 6.62. The van der Waals surface area contributed by atoms with Gasteiger partial charge in [-0.2, -0.15) is 0 Å². The normalized spacial score (nSPS) is 16.7. The van der Waals surface area contributed by atoms with Crippen LogP contribution in [-0.2, 0) is 9.53 Å². The van der Waals surface area contributed by atoms with Crippen LogP contribution in [0.15, 0.2) is 0 Å². The molecule has 0 aromatic heterocycles. The van der Waals surface area contributed by atoms with Crippen LogP contribution < -0.4 is 0 Å². The van der Waals surface area contributed by atoms with Crippen LogP contribution in [0.4, 0.5) is 0 Å². The SMILES string of the molecule is C1CCOC1.CC(C)(C)C(=O)Cl. The molecular weight excluding hydrogens is 176 g/mol. The predicted octanol–water partition coefficient (Wildman–Crippen LogP) is 2.59. The van der Waals surface area contributed by atoms with E-state index < -0.39 is 0 Å². The lowest BCUT2D eigenvalue weighted by molar-refractivity contribution is -0.118. The van der Waals surface area contributed by atoms with Crippen molar-refractivity contribution in [2.24, 2.45) is 5.41 Å². The highest BCUT2D eigenvalue weighted by Gasteiger charge is 2.17. The molecule has 3 heteroatoms. The number of rotatable bonds is 0. The summed E-state index contributed by atoms with van der Waals surface area (Å²) in [5.41, 5.74) is -0.373. The first-order chi connectivity index (χ1) is 5.44. The molecular formula is C9H17ClO2. The number of ether oxygens (including phenoxy) is 1. The molecule has 0 aromatic rings.